The average molecular weight is 176 g/mol. The van der Waals surface area contributed by atoms with Crippen LogP contribution in [0, 0.1) is 4.91 Å². The van der Waals surface area contributed by atoms with E-state index in [9.17, 15) is 9.70 Å². The fourth-order valence-corrected chi connectivity index (χ4v) is 0.572. The molecule has 6 heteroatoms. The Balaban J connectivity index is 3.49. The van der Waals surface area contributed by atoms with Crippen molar-refractivity contribution in [3.63, 3.8) is 0 Å². The van der Waals surface area contributed by atoms with Crippen molar-refractivity contribution in [1.29, 1.82) is 0 Å². The summed E-state index contributed by atoms with van der Waals surface area (Å²) >= 11 is 0. The molecule has 0 saturated carbocycles. The van der Waals surface area contributed by atoms with E-state index in [1.807, 2.05) is 0 Å². The minimum Gasteiger partial charge on any atom is -0.387 e. The van der Waals surface area contributed by atoms with Crippen LogP contribution in [-0.4, -0.2) is 41.4 Å². The van der Waals surface area contributed by atoms with Gasteiger partial charge >= 0.3 is 0 Å². The van der Waals surface area contributed by atoms with Gasteiger partial charge < -0.3 is 15.5 Å². The molecular formula is C6H12N2O4. The van der Waals surface area contributed by atoms with Crippen molar-refractivity contribution in [3.8, 4) is 0 Å². The normalized spacial score (nSPS) is 15.2. The van der Waals surface area contributed by atoms with E-state index in [2.05, 4.69) is 10.5 Å². The van der Waals surface area contributed by atoms with Crippen molar-refractivity contribution in [2.75, 3.05) is 13.1 Å². The van der Waals surface area contributed by atoms with Gasteiger partial charge in [-0.25, -0.2) is 0 Å². The van der Waals surface area contributed by atoms with E-state index in [1.54, 1.807) is 0 Å². The smallest absolute Gasteiger partial charge is 0.214 e. The number of carbonyl (C=O) groups excluding carboxylic acids is 1. The number of rotatable bonds is 6. The summed E-state index contributed by atoms with van der Waals surface area (Å²) in [6.07, 6.45) is -2.90. The zero-order valence-electron chi connectivity index (χ0n) is 6.73. The van der Waals surface area contributed by atoms with Crippen LogP contribution in [0.2, 0.25) is 0 Å². The molecule has 6 nitrogen and oxygen atoms in total. The molecule has 0 spiro atoms. The summed E-state index contributed by atoms with van der Waals surface area (Å²) in [5.41, 5.74) is 0. The van der Waals surface area contributed by atoms with Gasteiger partial charge in [-0.1, -0.05) is 0 Å². The summed E-state index contributed by atoms with van der Waals surface area (Å²) in [7, 11) is 0. The number of Topliss-reactive ketones (excluding diaryl/α,β-unsaturated/α-hetero) is 1. The highest BCUT2D eigenvalue weighted by Gasteiger charge is 2.15. The van der Waals surface area contributed by atoms with Gasteiger partial charge in [-0.15, -0.1) is 4.91 Å². The number of nitroso groups, excluding NO2 is 1. The Hall–Kier alpha value is -0.850. The van der Waals surface area contributed by atoms with Crippen LogP contribution in [-0.2, 0) is 4.79 Å². The SMILES string of the molecule is CC(=O)CNCC(O)C(O)N=O. The second-order valence-corrected chi connectivity index (χ2v) is 2.42. The number of ketones is 1. The van der Waals surface area contributed by atoms with E-state index in [0.29, 0.717) is 0 Å². The van der Waals surface area contributed by atoms with Crippen molar-refractivity contribution in [2.24, 2.45) is 5.18 Å². The summed E-state index contributed by atoms with van der Waals surface area (Å²) < 4.78 is 0. The van der Waals surface area contributed by atoms with Gasteiger partial charge in [0.2, 0.25) is 6.23 Å². The largest absolute Gasteiger partial charge is 0.387 e. The summed E-state index contributed by atoms with van der Waals surface area (Å²) in [5.74, 6) is -0.0873. The fraction of sp³-hybridized carbons (Fsp3) is 0.833. The molecule has 0 aliphatic carbocycles. The highest BCUT2D eigenvalue weighted by atomic mass is 16.4. The number of carbonyl (C=O) groups is 1. The minimum atomic E-state index is -1.63. The van der Waals surface area contributed by atoms with Gasteiger partial charge in [0, 0.05) is 6.54 Å². The van der Waals surface area contributed by atoms with Crippen LogP contribution >= 0.6 is 0 Å². The van der Waals surface area contributed by atoms with Gasteiger partial charge in [-0.3, -0.25) is 4.79 Å². The first kappa shape index (κ1) is 11.2. The molecule has 2 atom stereocenters. The zero-order valence-corrected chi connectivity index (χ0v) is 6.73. The first-order chi connectivity index (χ1) is 5.57. The first-order valence-electron chi connectivity index (χ1n) is 3.46. The van der Waals surface area contributed by atoms with Crippen LogP contribution < -0.4 is 5.32 Å². The zero-order chi connectivity index (χ0) is 9.56. The number of hydrogen-bond donors (Lipinski definition) is 3. The van der Waals surface area contributed by atoms with Gasteiger partial charge in [0.15, 0.2) is 0 Å². The highest BCUT2D eigenvalue weighted by Crippen LogP contribution is 1.91. The lowest BCUT2D eigenvalue weighted by atomic mass is 10.3. The molecule has 0 aromatic heterocycles. The second kappa shape index (κ2) is 5.76. The van der Waals surface area contributed by atoms with Crippen LogP contribution in [0.1, 0.15) is 6.92 Å². The lowest BCUT2D eigenvalue weighted by Gasteiger charge is -2.10. The Morgan fingerprint density at radius 2 is 2.17 bits per heavy atom. The third-order valence-electron chi connectivity index (χ3n) is 1.18. The van der Waals surface area contributed by atoms with Crippen molar-refractivity contribution in [3.05, 3.63) is 4.91 Å². The standard InChI is InChI=1S/C6H12N2O4/c1-4(9)2-7-3-5(10)6(11)8-12/h5-7,10-11H,2-3H2,1H3. The molecule has 0 bridgehead atoms. The number of aliphatic hydroxyl groups is 2. The van der Waals surface area contributed by atoms with E-state index in [0.717, 1.165) is 0 Å². The van der Waals surface area contributed by atoms with Crippen molar-refractivity contribution < 1.29 is 15.0 Å². The summed E-state index contributed by atoms with van der Waals surface area (Å²) in [6.45, 7) is 1.45. The molecule has 0 heterocycles. The molecule has 2 unspecified atom stereocenters. The molecular weight excluding hydrogens is 164 g/mol. The van der Waals surface area contributed by atoms with Crippen LogP contribution in [0.25, 0.3) is 0 Å². The van der Waals surface area contributed by atoms with Gasteiger partial charge in [0.05, 0.1) is 6.54 Å². The quantitative estimate of drug-likeness (QED) is 0.433. The van der Waals surface area contributed by atoms with E-state index in [1.165, 1.54) is 6.92 Å². The van der Waals surface area contributed by atoms with Crippen molar-refractivity contribution in [1.82, 2.24) is 5.32 Å². The van der Waals surface area contributed by atoms with E-state index >= 15 is 0 Å². The number of hydrogen-bond acceptors (Lipinski definition) is 6. The third-order valence-corrected chi connectivity index (χ3v) is 1.18. The second-order valence-electron chi connectivity index (χ2n) is 2.42. The van der Waals surface area contributed by atoms with Gasteiger partial charge in [-0.05, 0) is 12.1 Å². The predicted octanol–water partition coefficient (Wildman–Crippen LogP) is -1.39. The lowest BCUT2D eigenvalue weighted by molar-refractivity contribution is -0.116. The molecule has 0 aliphatic rings. The molecule has 0 amide bonds. The maximum Gasteiger partial charge on any atom is 0.214 e. The Morgan fingerprint density at radius 3 is 2.58 bits per heavy atom. The average Bonchev–Trinajstić information content (AvgIpc) is 2.02. The monoisotopic (exact) mass is 176 g/mol. The third kappa shape index (κ3) is 4.89. The molecule has 12 heavy (non-hydrogen) atoms. The number of nitrogens with one attached hydrogen (secondary N) is 1. The molecule has 0 rings (SSSR count). The maximum atomic E-state index is 10.4. The van der Waals surface area contributed by atoms with E-state index in [4.69, 9.17) is 10.2 Å². The number of aliphatic hydroxyl groups excluding tert-OH is 2. The molecule has 0 aromatic rings. The number of nitrogens with zero attached hydrogens (tertiary/aromatic N) is 1. The lowest BCUT2D eigenvalue weighted by Crippen LogP contribution is -2.36. The molecule has 0 radical (unpaired) electrons. The summed E-state index contributed by atoms with van der Waals surface area (Å²) in [6, 6.07) is 0. The van der Waals surface area contributed by atoms with Crippen molar-refractivity contribution in [2.45, 2.75) is 19.3 Å². The molecule has 0 aliphatic heterocycles. The molecule has 70 valence electrons. The topological polar surface area (TPSA) is 99.0 Å². The van der Waals surface area contributed by atoms with Crippen LogP contribution in [0.3, 0.4) is 0 Å². The minimum absolute atomic E-state index is 0.0352. The highest BCUT2D eigenvalue weighted by molar-refractivity contribution is 5.77. The Morgan fingerprint density at radius 1 is 1.58 bits per heavy atom. The first-order valence-corrected chi connectivity index (χ1v) is 3.46. The summed E-state index contributed by atoms with van der Waals surface area (Å²) in [5, 5.41) is 22.3. The predicted molar refractivity (Wildman–Crippen MR) is 41.4 cm³/mol. The van der Waals surface area contributed by atoms with Crippen LogP contribution in [0.5, 0.6) is 0 Å². The Bertz CT molecular complexity index is 162. The van der Waals surface area contributed by atoms with E-state index in [-0.39, 0.29) is 18.9 Å². The van der Waals surface area contributed by atoms with Gasteiger partial charge in [-0.2, -0.15) is 0 Å². The van der Waals surface area contributed by atoms with Gasteiger partial charge in [0.25, 0.3) is 0 Å². The van der Waals surface area contributed by atoms with Gasteiger partial charge in [0.1, 0.15) is 11.9 Å². The maximum absolute atomic E-state index is 10.4. The molecule has 0 saturated heterocycles. The Kier molecular flexibility index (Phi) is 5.35. The summed E-state index contributed by atoms with van der Waals surface area (Å²) in [4.78, 5) is 20.1. The molecule has 0 fully saturated rings. The fourth-order valence-electron chi connectivity index (χ4n) is 0.572. The van der Waals surface area contributed by atoms with E-state index < -0.39 is 12.3 Å². The van der Waals surface area contributed by atoms with Crippen LogP contribution in [0.4, 0.5) is 0 Å². The van der Waals surface area contributed by atoms with Crippen LogP contribution in [0.15, 0.2) is 5.18 Å². The molecule has 3 N–H and O–H groups in total. The Labute approximate surface area is 69.6 Å². The van der Waals surface area contributed by atoms with Crippen molar-refractivity contribution >= 4 is 5.78 Å². The molecule has 0 aromatic carbocycles.